The number of rotatable bonds is 3. The largest absolute Gasteiger partial charge is 0.469 e. The Morgan fingerprint density at radius 3 is 2.83 bits per heavy atom. The predicted octanol–water partition coefficient (Wildman–Crippen LogP) is 2.56. The minimum atomic E-state index is -0.162. The van der Waals surface area contributed by atoms with Gasteiger partial charge in [0.1, 0.15) is 0 Å². The summed E-state index contributed by atoms with van der Waals surface area (Å²) in [4.78, 5) is 26.0. The van der Waals surface area contributed by atoms with Gasteiger partial charge in [-0.1, -0.05) is 31.2 Å². The van der Waals surface area contributed by atoms with Crippen molar-refractivity contribution in [3.8, 4) is 0 Å². The van der Waals surface area contributed by atoms with Crippen LogP contribution < -0.4 is 5.32 Å². The molecule has 24 heavy (non-hydrogen) atoms. The number of hydrogen-bond donors (Lipinski definition) is 1. The van der Waals surface area contributed by atoms with Gasteiger partial charge in [0.15, 0.2) is 0 Å². The van der Waals surface area contributed by atoms with E-state index in [9.17, 15) is 9.59 Å². The van der Waals surface area contributed by atoms with Gasteiger partial charge in [0.2, 0.25) is 0 Å². The van der Waals surface area contributed by atoms with Gasteiger partial charge in [-0.05, 0) is 36.3 Å². The highest BCUT2D eigenvalue weighted by Gasteiger charge is 2.34. The zero-order chi connectivity index (χ0) is 17.1. The van der Waals surface area contributed by atoms with Crippen molar-refractivity contribution in [2.45, 2.75) is 32.1 Å². The molecule has 3 atom stereocenters. The average molecular weight is 330 g/mol. The van der Waals surface area contributed by atoms with Gasteiger partial charge in [0, 0.05) is 25.6 Å². The fourth-order valence-corrected chi connectivity index (χ4v) is 4.01. The topological polar surface area (TPSA) is 58.6 Å². The van der Waals surface area contributed by atoms with Gasteiger partial charge in [-0.3, -0.25) is 4.79 Å². The van der Waals surface area contributed by atoms with Crippen molar-refractivity contribution in [1.29, 1.82) is 0 Å². The van der Waals surface area contributed by atoms with Gasteiger partial charge in [0.05, 0.1) is 13.0 Å². The van der Waals surface area contributed by atoms with Crippen LogP contribution in [0.15, 0.2) is 24.3 Å². The van der Waals surface area contributed by atoms with Crippen LogP contribution in [-0.4, -0.2) is 43.6 Å². The van der Waals surface area contributed by atoms with E-state index in [1.807, 2.05) is 11.8 Å². The van der Waals surface area contributed by atoms with Gasteiger partial charge in [-0.15, -0.1) is 0 Å². The number of fused-ring (bicyclic) bond motifs is 1. The van der Waals surface area contributed by atoms with E-state index in [1.165, 1.54) is 18.2 Å². The van der Waals surface area contributed by atoms with Crippen LogP contribution in [0.3, 0.4) is 0 Å². The molecule has 1 fully saturated rings. The van der Waals surface area contributed by atoms with Crippen LogP contribution in [0.25, 0.3) is 0 Å². The quantitative estimate of drug-likeness (QED) is 0.867. The fraction of sp³-hybridized carbons (Fsp3) is 0.579. The van der Waals surface area contributed by atoms with E-state index < -0.39 is 0 Å². The molecule has 1 heterocycles. The summed E-state index contributed by atoms with van der Waals surface area (Å²) in [7, 11) is 1.42. The summed E-state index contributed by atoms with van der Waals surface area (Å²) in [6, 6.07) is 8.47. The maximum atomic E-state index is 12.5. The van der Waals surface area contributed by atoms with Gasteiger partial charge in [0.25, 0.3) is 0 Å². The minimum absolute atomic E-state index is 0.0189. The number of nitrogens with one attached hydrogen (secondary N) is 1. The molecule has 0 aromatic heterocycles. The Bertz CT molecular complexity index is 616. The first-order chi connectivity index (χ1) is 11.6. The standard InChI is InChI=1S/C19H26N2O3/c1-13-12-21(10-9-16(13)18(22)24-2)19(23)20-11-15-8-7-14-5-3-4-6-17(14)15/h3-6,13,15-16H,7-12H2,1-2H3,(H,20,23)/t13-,15+,16+/m0/s1. The predicted molar refractivity (Wildman–Crippen MR) is 91.8 cm³/mol. The van der Waals surface area contributed by atoms with Crippen LogP contribution in [-0.2, 0) is 16.0 Å². The number of esters is 1. The van der Waals surface area contributed by atoms with E-state index in [-0.39, 0.29) is 23.8 Å². The van der Waals surface area contributed by atoms with E-state index in [0.29, 0.717) is 32.0 Å². The number of benzene rings is 1. The van der Waals surface area contributed by atoms with E-state index in [1.54, 1.807) is 0 Å². The minimum Gasteiger partial charge on any atom is -0.469 e. The summed E-state index contributed by atoms with van der Waals surface area (Å²) in [5, 5.41) is 3.08. The molecule has 0 spiro atoms. The van der Waals surface area contributed by atoms with Crippen molar-refractivity contribution in [3.05, 3.63) is 35.4 Å². The first-order valence-corrected chi connectivity index (χ1v) is 8.78. The number of carbonyl (C=O) groups is 2. The summed E-state index contributed by atoms with van der Waals surface area (Å²) in [6.07, 6.45) is 2.87. The van der Waals surface area contributed by atoms with Crippen molar-refractivity contribution in [2.75, 3.05) is 26.7 Å². The molecule has 0 radical (unpaired) electrons. The Hall–Kier alpha value is -2.04. The molecule has 1 aromatic carbocycles. The van der Waals surface area contributed by atoms with Crippen LogP contribution >= 0.6 is 0 Å². The SMILES string of the molecule is COC(=O)[C@@H]1CCN(C(=O)NC[C@H]2CCc3ccccc32)C[C@@H]1C. The van der Waals surface area contributed by atoms with E-state index >= 15 is 0 Å². The number of carbonyl (C=O) groups excluding carboxylic acids is 2. The second-order valence-electron chi connectivity index (χ2n) is 6.96. The first kappa shape index (κ1) is 16.8. The third kappa shape index (κ3) is 3.40. The number of hydrogen-bond acceptors (Lipinski definition) is 3. The molecular weight excluding hydrogens is 304 g/mol. The Morgan fingerprint density at radius 1 is 1.29 bits per heavy atom. The van der Waals surface area contributed by atoms with E-state index in [4.69, 9.17) is 4.74 Å². The number of urea groups is 1. The Balaban J connectivity index is 1.51. The molecule has 3 rings (SSSR count). The second-order valence-corrected chi connectivity index (χ2v) is 6.96. The molecule has 1 aliphatic carbocycles. The maximum absolute atomic E-state index is 12.5. The van der Waals surface area contributed by atoms with Crippen LogP contribution in [0, 0.1) is 11.8 Å². The van der Waals surface area contributed by atoms with Gasteiger partial charge in [-0.25, -0.2) is 4.79 Å². The number of piperidine rings is 1. The molecule has 2 aliphatic rings. The molecule has 130 valence electrons. The van der Waals surface area contributed by atoms with Crippen LogP contribution in [0.1, 0.15) is 36.8 Å². The van der Waals surface area contributed by atoms with Crippen LogP contribution in [0.4, 0.5) is 4.79 Å². The van der Waals surface area contributed by atoms with Crippen LogP contribution in [0.2, 0.25) is 0 Å². The molecular formula is C19H26N2O3. The fourth-order valence-electron chi connectivity index (χ4n) is 4.01. The zero-order valence-electron chi connectivity index (χ0n) is 14.5. The third-order valence-electron chi connectivity index (χ3n) is 5.45. The maximum Gasteiger partial charge on any atom is 0.317 e. The Morgan fingerprint density at radius 2 is 2.08 bits per heavy atom. The lowest BCUT2D eigenvalue weighted by molar-refractivity contribution is -0.148. The average Bonchev–Trinajstić information content (AvgIpc) is 3.02. The molecule has 0 bridgehead atoms. The number of amides is 2. The molecule has 1 aliphatic heterocycles. The number of aryl methyl sites for hydroxylation is 1. The number of methoxy groups -OCH3 is 1. The number of ether oxygens (including phenoxy) is 1. The number of likely N-dealkylation sites (tertiary alicyclic amines) is 1. The highest BCUT2D eigenvalue weighted by molar-refractivity contribution is 5.76. The lowest BCUT2D eigenvalue weighted by atomic mass is 9.87. The van der Waals surface area contributed by atoms with Crippen molar-refractivity contribution < 1.29 is 14.3 Å². The highest BCUT2D eigenvalue weighted by atomic mass is 16.5. The van der Waals surface area contributed by atoms with Crippen molar-refractivity contribution in [1.82, 2.24) is 10.2 Å². The Labute approximate surface area is 143 Å². The molecule has 1 aromatic rings. The van der Waals surface area contributed by atoms with E-state index in [0.717, 1.165) is 12.8 Å². The van der Waals surface area contributed by atoms with Crippen molar-refractivity contribution in [2.24, 2.45) is 11.8 Å². The molecule has 1 saturated heterocycles. The van der Waals surface area contributed by atoms with Crippen molar-refractivity contribution in [3.63, 3.8) is 0 Å². The van der Waals surface area contributed by atoms with Gasteiger partial charge < -0.3 is 15.0 Å². The monoisotopic (exact) mass is 330 g/mol. The lowest BCUT2D eigenvalue weighted by Gasteiger charge is -2.35. The second kappa shape index (κ2) is 7.24. The normalized spacial score (nSPS) is 25.9. The molecule has 5 nitrogen and oxygen atoms in total. The first-order valence-electron chi connectivity index (χ1n) is 8.78. The molecule has 5 heteroatoms. The van der Waals surface area contributed by atoms with Gasteiger partial charge >= 0.3 is 12.0 Å². The highest BCUT2D eigenvalue weighted by Crippen LogP contribution is 2.32. The summed E-state index contributed by atoms with van der Waals surface area (Å²) in [5.74, 6) is 0.283. The lowest BCUT2D eigenvalue weighted by Crippen LogP contribution is -2.49. The third-order valence-corrected chi connectivity index (χ3v) is 5.45. The molecule has 0 unspecified atom stereocenters. The molecule has 0 saturated carbocycles. The molecule has 2 amide bonds. The summed E-state index contributed by atoms with van der Waals surface area (Å²) < 4.78 is 4.85. The molecule has 1 N–H and O–H groups in total. The van der Waals surface area contributed by atoms with E-state index in [2.05, 4.69) is 29.6 Å². The van der Waals surface area contributed by atoms with Gasteiger partial charge in [-0.2, -0.15) is 0 Å². The summed E-state index contributed by atoms with van der Waals surface area (Å²) in [6.45, 7) is 3.90. The zero-order valence-corrected chi connectivity index (χ0v) is 14.5. The smallest absolute Gasteiger partial charge is 0.317 e. The van der Waals surface area contributed by atoms with Crippen molar-refractivity contribution >= 4 is 12.0 Å². The number of nitrogens with zero attached hydrogens (tertiary/aromatic N) is 1. The summed E-state index contributed by atoms with van der Waals surface area (Å²) in [5.41, 5.74) is 2.78. The summed E-state index contributed by atoms with van der Waals surface area (Å²) >= 11 is 0. The Kier molecular flexibility index (Phi) is 5.07. The van der Waals surface area contributed by atoms with Crippen LogP contribution in [0.5, 0.6) is 0 Å².